The molecule has 0 saturated carbocycles. The van der Waals surface area contributed by atoms with Crippen LogP contribution in [0.25, 0.3) is 0 Å². The SMILES string of the molecule is O=C(CCCO)NNc1c(Br)cc(Br)cc1Br. The Morgan fingerprint density at radius 3 is 2.35 bits per heavy atom. The molecular formula is C10H11Br3N2O2. The zero-order chi connectivity index (χ0) is 12.8. The van der Waals surface area contributed by atoms with Crippen LogP contribution < -0.4 is 10.9 Å². The third-order valence-corrected chi connectivity index (χ3v) is 3.60. The molecule has 4 nitrogen and oxygen atoms in total. The minimum Gasteiger partial charge on any atom is -0.396 e. The van der Waals surface area contributed by atoms with Gasteiger partial charge in [-0.1, -0.05) is 15.9 Å². The van der Waals surface area contributed by atoms with E-state index in [2.05, 4.69) is 58.6 Å². The number of aliphatic hydroxyl groups excluding tert-OH is 1. The molecule has 0 heterocycles. The molecule has 0 aliphatic rings. The van der Waals surface area contributed by atoms with Crippen LogP contribution >= 0.6 is 47.8 Å². The molecule has 0 saturated heterocycles. The van der Waals surface area contributed by atoms with Gasteiger partial charge < -0.3 is 5.11 Å². The van der Waals surface area contributed by atoms with Crippen LogP contribution in [0.5, 0.6) is 0 Å². The number of carbonyl (C=O) groups is 1. The summed E-state index contributed by atoms with van der Waals surface area (Å²) in [6.07, 6.45) is 0.742. The molecule has 7 heteroatoms. The molecule has 1 rings (SSSR count). The van der Waals surface area contributed by atoms with Crippen molar-refractivity contribution in [1.82, 2.24) is 5.43 Å². The van der Waals surface area contributed by atoms with E-state index in [9.17, 15) is 4.79 Å². The van der Waals surface area contributed by atoms with Crippen molar-refractivity contribution in [2.24, 2.45) is 0 Å². The third-order valence-electron chi connectivity index (χ3n) is 1.90. The fraction of sp³-hybridized carbons (Fsp3) is 0.300. The summed E-state index contributed by atoms with van der Waals surface area (Å²) in [5, 5.41) is 8.60. The van der Waals surface area contributed by atoms with Gasteiger partial charge in [-0.3, -0.25) is 15.6 Å². The van der Waals surface area contributed by atoms with Crippen molar-refractivity contribution < 1.29 is 9.90 Å². The molecule has 0 bridgehead atoms. The van der Waals surface area contributed by atoms with Gasteiger partial charge in [0.05, 0.1) is 5.69 Å². The number of nitrogens with one attached hydrogen (secondary N) is 2. The molecule has 0 unspecified atom stereocenters. The average Bonchev–Trinajstić information content (AvgIpc) is 2.24. The number of halogens is 3. The summed E-state index contributed by atoms with van der Waals surface area (Å²) in [7, 11) is 0. The maximum absolute atomic E-state index is 11.3. The number of hydrazine groups is 1. The molecule has 0 atom stereocenters. The number of amides is 1. The van der Waals surface area contributed by atoms with Crippen molar-refractivity contribution in [3.63, 3.8) is 0 Å². The predicted molar refractivity (Wildman–Crippen MR) is 77.6 cm³/mol. The summed E-state index contributed by atoms with van der Waals surface area (Å²) in [5.74, 6) is -0.166. The Hall–Kier alpha value is -0.110. The third kappa shape index (κ3) is 4.95. The maximum Gasteiger partial charge on any atom is 0.238 e. The smallest absolute Gasteiger partial charge is 0.238 e. The number of hydrogen-bond donors (Lipinski definition) is 3. The Balaban J connectivity index is 2.60. The molecule has 0 aliphatic carbocycles. The molecule has 0 aliphatic heterocycles. The van der Waals surface area contributed by atoms with Gasteiger partial charge >= 0.3 is 0 Å². The van der Waals surface area contributed by atoms with E-state index >= 15 is 0 Å². The van der Waals surface area contributed by atoms with Gasteiger partial charge in [0.15, 0.2) is 0 Å². The highest BCUT2D eigenvalue weighted by molar-refractivity contribution is 9.11. The van der Waals surface area contributed by atoms with Crippen molar-refractivity contribution >= 4 is 59.4 Å². The first-order valence-electron chi connectivity index (χ1n) is 4.85. The van der Waals surface area contributed by atoms with E-state index in [1.54, 1.807) is 0 Å². The van der Waals surface area contributed by atoms with Gasteiger partial charge in [0.25, 0.3) is 0 Å². The normalized spacial score (nSPS) is 10.1. The van der Waals surface area contributed by atoms with E-state index in [0.29, 0.717) is 6.42 Å². The van der Waals surface area contributed by atoms with Crippen LogP contribution in [0.4, 0.5) is 5.69 Å². The van der Waals surface area contributed by atoms with Crippen LogP contribution in [0.2, 0.25) is 0 Å². The molecule has 17 heavy (non-hydrogen) atoms. The number of hydrogen-bond acceptors (Lipinski definition) is 3. The molecule has 94 valence electrons. The average molecular weight is 431 g/mol. The molecule has 0 radical (unpaired) electrons. The van der Waals surface area contributed by atoms with Crippen LogP contribution in [-0.4, -0.2) is 17.6 Å². The Labute approximate surface area is 125 Å². The number of aliphatic hydroxyl groups is 1. The Kier molecular flexibility index (Phi) is 6.47. The van der Waals surface area contributed by atoms with E-state index in [-0.39, 0.29) is 18.9 Å². The molecular weight excluding hydrogens is 420 g/mol. The second-order valence-electron chi connectivity index (χ2n) is 3.24. The van der Waals surface area contributed by atoms with Gasteiger partial charge in [-0.25, -0.2) is 0 Å². The molecule has 0 spiro atoms. The van der Waals surface area contributed by atoms with Crippen molar-refractivity contribution in [2.75, 3.05) is 12.0 Å². The highest BCUT2D eigenvalue weighted by Gasteiger charge is 2.07. The highest BCUT2D eigenvalue weighted by atomic mass is 79.9. The molecule has 1 aromatic carbocycles. The minimum atomic E-state index is -0.166. The summed E-state index contributed by atoms with van der Waals surface area (Å²) in [6.45, 7) is 0.0130. The summed E-state index contributed by atoms with van der Waals surface area (Å²) >= 11 is 10.1. The van der Waals surface area contributed by atoms with Crippen molar-refractivity contribution in [1.29, 1.82) is 0 Å². The Morgan fingerprint density at radius 1 is 1.24 bits per heavy atom. The van der Waals surface area contributed by atoms with Crippen LogP contribution in [-0.2, 0) is 4.79 Å². The second kappa shape index (κ2) is 7.35. The minimum absolute atomic E-state index is 0.0130. The summed E-state index contributed by atoms with van der Waals surface area (Å²) in [6, 6.07) is 3.74. The highest BCUT2D eigenvalue weighted by Crippen LogP contribution is 2.33. The van der Waals surface area contributed by atoms with E-state index < -0.39 is 0 Å². The van der Waals surface area contributed by atoms with Gasteiger partial charge in [-0.05, 0) is 50.4 Å². The van der Waals surface area contributed by atoms with Crippen molar-refractivity contribution in [3.05, 3.63) is 25.6 Å². The van der Waals surface area contributed by atoms with Crippen molar-refractivity contribution in [3.8, 4) is 0 Å². The largest absolute Gasteiger partial charge is 0.396 e. The van der Waals surface area contributed by atoms with Gasteiger partial charge in [-0.2, -0.15) is 0 Å². The maximum atomic E-state index is 11.3. The lowest BCUT2D eigenvalue weighted by molar-refractivity contribution is -0.120. The summed E-state index contributed by atoms with van der Waals surface area (Å²) in [4.78, 5) is 11.3. The van der Waals surface area contributed by atoms with E-state index in [4.69, 9.17) is 5.11 Å². The number of carbonyl (C=O) groups excluding carboxylic acids is 1. The van der Waals surface area contributed by atoms with E-state index in [1.807, 2.05) is 12.1 Å². The standard InChI is InChI=1S/C10H11Br3N2O2/c11-6-4-7(12)10(8(13)5-6)15-14-9(17)2-1-3-16/h4-5,15-16H,1-3H2,(H,14,17). The quantitative estimate of drug-likeness (QED) is 0.629. The van der Waals surface area contributed by atoms with Gasteiger partial charge in [0.2, 0.25) is 5.91 Å². The number of anilines is 1. The number of benzene rings is 1. The summed E-state index contributed by atoms with van der Waals surface area (Å²) in [5.41, 5.74) is 6.12. The first-order valence-corrected chi connectivity index (χ1v) is 7.22. The zero-order valence-corrected chi connectivity index (χ0v) is 13.5. The van der Waals surface area contributed by atoms with Gasteiger partial charge in [0, 0.05) is 26.4 Å². The first kappa shape index (κ1) is 14.9. The fourth-order valence-corrected chi connectivity index (χ4v) is 3.55. The topological polar surface area (TPSA) is 61.4 Å². The molecule has 1 aromatic rings. The number of rotatable bonds is 5. The lowest BCUT2D eigenvalue weighted by atomic mass is 10.3. The molecule has 1 amide bonds. The molecule has 0 aromatic heterocycles. The van der Waals surface area contributed by atoms with Gasteiger partial charge in [0.1, 0.15) is 0 Å². The van der Waals surface area contributed by atoms with Crippen molar-refractivity contribution in [2.45, 2.75) is 12.8 Å². The lowest BCUT2D eigenvalue weighted by Gasteiger charge is -2.12. The van der Waals surface area contributed by atoms with E-state index in [1.165, 1.54) is 0 Å². The summed E-state index contributed by atoms with van der Waals surface area (Å²) < 4.78 is 2.57. The monoisotopic (exact) mass is 428 g/mol. The fourth-order valence-electron chi connectivity index (χ4n) is 1.10. The van der Waals surface area contributed by atoms with Gasteiger partial charge in [-0.15, -0.1) is 0 Å². The van der Waals surface area contributed by atoms with Crippen LogP contribution in [0.1, 0.15) is 12.8 Å². The Morgan fingerprint density at radius 2 is 1.82 bits per heavy atom. The first-order chi connectivity index (χ1) is 8.04. The zero-order valence-electron chi connectivity index (χ0n) is 8.77. The predicted octanol–water partition coefficient (Wildman–Crippen LogP) is 3.19. The van der Waals surface area contributed by atoms with Crippen LogP contribution in [0.3, 0.4) is 0 Å². The molecule has 3 N–H and O–H groups in total. The lowest BCUT2D eigenvalue weighted by Crippen LogP contribution is -2.29. The van der Waals surface area contributed by atoms with Crippen LogP contribution in [0.15, 0.2) is 25.6 Å². The molecule has 0 fully saturated rings. The van der Waals surface area contributed by atoms with E-state index in [0.717, 1.165) is 19.1 Å². The van der Waals surface area contributed by atoms with Crippen LogP contribution in [0, 0.1) is 0 Å². The Bertz CT molecular complexity index is 390. The second-order valence-corrected chi connectivity index (χ2v) is 5.87.